The van der Waals surface area contributed by atoms with E-state index in [-0.39, 0.29) is 23.9 Å². The summed E-state index contributed by atoms with van der Waals surface area (Å²) in [5.74, 6) is -1.07. The molecule has 1 fully saturated rings. The molecule has 1 rings (SSSR count). The van der Waals surface area contributed by atoms with E-state index in [2.05, 4.69) is 19.2 Å². The fourth-order valence-corrected chi connectivity index (χ4v) is 2.54. The number of rotatable bonds is 6. The van der Waals surface area contributed by atoms with Gasteiger partial charge in [-0.1, -0.05) is 13.8 Å². The lowest BCUT2D eigenvalue weighted by Gasteiger charge is -2.35. The maximum atomic E-state index is 12.1. The molecule has 0 bridgehead atoms. The molecule has 1 aliphatic heterocycles. The maximum Gasteiger partial charge on any atom is 0.307 e. The summed E-state index contributed by atoms with van der Waals surface area (Å²) in [6, 6.07) is -0.0299. The predicted molar refractivity (Wildman–Crippen MR) is 73.9 cm³/mol. The second kappa shape index (κ2) is 7.48. The molecule has 0 aromatic rings. The summed E-state index contributed by atoms with van der Waals surface area (Å²) in [6.45, 7) is 7.26. The number of likely N-dealkylation sites (tertiary alicyclic amines) is 1. The van der Waals surface area contributed by atoms with E-state index in [0.717, 1.165) is 25.8 Å². The molecule has 5 heteroatoms. The van der Waals surface area contributed by atoms with Gasteiger partial charge in [-0.2, -0.15) is 0 Å². The summed E-state index contributed by atoms with van der Waals surface area (Å²) in [6.07, 6.45) is 3.41. The van der Waals surface area contributed by atoms with Gasteiger partial charge in [-0.15, -0.1) is 0 Å². The van der Waals surface area contributed by atoms with Crippen molar-refractivity contribution in [3.8, 4) is 0 Å². The van der Waals surface area contributed by atoms with E-state index in [9.17, 15) is 9.59 Å². The van der Waals surface area contributed by atoms with Crippen molar-refractivity contribution in [2.24, 2.45) is 5.92 Å². The topological polar surface area (TPSA) is 69.6 Å². The fourth-order valence-electron chi connectivity index (χ4n) is 2.54. The minimum atomic E-state index is -0.752. The van der Waals surface area contributed by atoms with Crippen LogP contribution >= 0.6 is 0 Å². The molecule has 1 amide bonds. The third kappa shape index (κ3) is 4.49. The molecule has 0 aromatic carbocycles. The Labute approximate surface area is 115 Å². The Balaban J connectivity index is 2.53. The number of carbonyl (C=O) groups is 2. The minimum absolute atomic E-state index is 0.0136. The maximum absolute atomic E-state index is 12.1. The summed E-state index contributed by atoms with van der Waals surface area (Å²) >= 11 is 0. The molecule has 5 nitrogen and oxygen atoms in total. The first-order chi connectivity index (χ1) is 8.99. The molecule has 110 valence electrons. The van der Waals surface area contributed by atoms with Crippen molar-refractivity contribution >= 4 is 11.9 Å². The number of hydrogen-bond donors (Lipinski definition) is 2. The lowest BCUT2D eigenvalue weighted by atomic mass is 9.97. The highest BCUT2D eigenvalue weighted by Gasteiger charge is 2.30. The molecular formula is C14H26N2O3. The van der Waals surface area contributed by atoms with Crippen LogP contribution in [0.2, 0.25) is 0 Å². The van der Waals surface area contributed by atoms with E-state index >= 15 is 0 Å². The third-order valence-electron chi connectivity index (χ3n) is 4.06. The number of nitrogens with one attached hydrogen (secondary N) is 1. The van der Waals surface area contributed by atoms with Crippen molar-refractivity contribution in [2.45, 2.75) is 58.5 Å². The van der Waals surface area contributed by atoms with Gasteiger partial charge < -0.3 is 10.4 Å². The lowest BCUT2D eigenvalue weighted by molar-refractivity contribution is -0.145. The highest BCUT2D eigenvalue weighted by Crippen LogP contribution is 2.18. The smallest absolute Gasteiger partial charge is 0.307 e. The molecule has 2 N–H and O–H groups in total. The Morgan fingerprint density at radius 1 is 1.37 bits per heavy atom. The first-order valence-corrected chi connectivity index (χ1v) is 7.26. The molecule has 0 saturated carbocycles. The molecule has 19 heavy (non-hydrogen) atoms. The lowest BCUT2D eigenvalue weighted by Crippen LogP contribution is -2.51. The summed E-state index contributed by atoms with van der Waals surface area (Å²) in [4.78, 5) is 25.2. The normalized spacial score (nSPS) is 22.2. The van der Waals surface area contributed by atoms with Gasteiger partial charge in [0, 0.05) is 12.6 Å². The van der Waals surface area contributed by atoms with E-state index in [1.165, 1.54) is 0 Å². The summed E-state index contributed by atoms with van der Waals surface area (Å²) in [5.41, 5.74) is 0. The van der Waals surface area contributed by atoms with E-state index in [0.29, 0.717) is 13.0 Å². The van der Waals surface area contributed by atoms with E-state index in [4.69, 9.17) is 5.11 Å². The van der Waals surface area contributed by atoms with Gasteiger partial charge in [0.15, 0.2) is 0 Å². The Morgan fingerprint density at radius 2 is 2.00 bits per heavy atom. The van der Waals surface area contributed by atoms with Crippen LogP contribution in [0.1, 0.15) is 46.5 Å². The van der Waals surface area contributed by atoms with Crippen LogP contribution in [0.3, 0.4) is 0 Å². The minimum Gasteiger partial charge on any atom is -0.481 e. The fraction of sp³-hybridized carbons (Fsp3) is 0.857. The van der Waals surface area contributed by atoms with Gasteiger partial charge >= 0.3 is 5.97 Å². The average molecular weight is 270 g/mol. The van der Waals surface area contributed by atoms with Crippen LogP contribution in [0.15, 0.2) is 0 Å². The predicted octanol–water partition coefficient (Wildman–Crippen LogP) is 1.48. The van der Waals surface area contributed by atoms with E-state index < -0.39 is 5.97 Å². The second-order valence-electron chi connectivity index (χ2n) is 5.37. The van der Waals surface area contributed by atoms with Crippen LogP contribution in [0.5, 0.6) is 0 Å². The molecule has 1 aliphatic rings. The number of hydrogen-bond acceptors (Lipinski definition) is 3. The van der Waals surface area contributed by atoms with E-state index in [1.54, 1.807) is 0 Å². The number of amides is 1. The van der Waals surface area contributed by atoms with Crippen LogP contribution in [0.4, 0.5) is 0 Å². The molecule has 2 unspecified atom stereocenters. The molecule has 1 heterocycles. The average Bonchev–Trinajstić information content (AvgIpc) is 2.43. The Morgan fingerprint density at radius 3 is 2.53 bits per heavy atom. The van der Waals surface area contributed by atoms with Crippen molar-refractivity contribution < 1.29 is 14.7 Å². The molecule has 0 aromatic heterocycles. The van der Waals surface area contributed by atoms with Crippen molar-refractivity contribution in [1.82, 2.24) is 10.2 Å². The van der Waals surface area contributed by atoms with Gasteiger partial charge in [-0.3, -0.25) is 14.5 Å². The van der Waals surface area contributed by atoms with Crippen LogP contribution in [0.25, 0.3) is 0 Å². The first kappa shape index (κ1) is 16.0. The largest absolute Gasteiger partial charge is 0.481 e. The van der Waals surface area contributed by atoms with Crippen LogP contribution in [-0.4, -0.2) is 47.1 Å². The first-order valence-electron chi connectivity index (χ1n) is 7.26. The SMILES string of the molecule is CCC(CC)NC(=O)C(C)N1CCCC(C(=O)O)C1. The van der Waals surface area contributed by atoms with E-state index in [1.807, 2.05) is 11.8 Å². The number of carbonyl (C=O) groups excluding carboxylic acids is 1. The second-order valence-corrected chi connectivity index (χ2v) is 5.37. The standard InChI is InChI=1S/C14H26N2O3/c1-4-12(5-2)15-13(17)10(3)16-8-6-7-11(9-16)14(18)19/h10-12H,4-9H2,1-3H3,(H,15,17)(H,18,19). The number of piperidine rings is 1. The van der Waals surface area contributed by atoms with Crippen molar-refractivity contribution in [1.29, 1.82) is 0 Å². The zero-order chi connectivity index (χ0) is 14.4. The van der Waals surface area contributed by atoms with Crippen molar-refractivity contribution in [3.05, 3.63) is 0 Å². The van der Waals surface area contributed by atoms with Gasteiger partial charge in [-0.25, -0.2) is 0 Å². The molecular weight excluding hydrogens is 244 g/mol. The Kier molecular flexibility index (Phi) is 6.28. The molecule has 0 aliphatic carbocycles. The van der Waals surface area contributed by atoms with Gasteiger partial charge in [0.2, 0.25) is 5.91 Å². The van der Waals surface area contributed by atoms with Crippen molar-refractivity contribution in [3.63, 3.8) is 0 Å². The number of carboxylic acid groups (broad SMARTS) is 1. The van der Waals surface area contributed by atoms with Crippen LogP contribution < -0.4 is 5.32 Å². The van der Waals surface area contributed by atoms with Gasteiger partial charge in [0.1, 0.15) is 0 Å². The van der Waals surface area contributed by atoms with Crippen molar-refractivity contribution in [2.75, 3.05) is 13.1 Å². The molecule has 1 saturated heterocycles. The Bertz CT molecular complexity index is 316. The summed E-state index contributed by atoms with van der Waals surface area (Å²) in [7, 11) is 0. The van der Waals surface area contributed by atoms with Crippen LogP contribution in [-0.2, 0) is 9.59 Å². The molecule has 0 spiro atoms. The van der Waals surface area contributed by atoms with Gasteiger partial charge in [0.05, 0.1) is 12.0 Å². The summed E-state index contributed by atoms with van der Waals surface area (Å²) in [5, 5.41) is 12.1. The zero-order valence-electron chi connectivity index (χ0n) is 12.2. The quantitative estimate of drug-likeness (QED) is 0.767. The van der Waals surface area contributed by atoms with Gasteiger partial charge in [-0.05, 0) is 39.2 Å². The van der Waals surface area contributed by atoms with Crippen LogP contribution in [0, 0.1) is 5.92 Å². The monoisotopic (exact) mass is 270 g/mol. The summed E-state index contributed by atoms with van der Waals surface area (Å²) < 4.78 is 0. The zero-order valence-corrected chi connectivity index (χ0v) is 12.2. The number of carboxylic acids is 1. The molecule has 2 atom stereocenters. The molecule has 0 radical (unpaired) electrons. The van der Waals surface area contributed by atoms with Gasteiger partial charge in [0.25, 0.3) is 0 Å². The highest BCUT2D eigenvalue weighted by molar-refractivity contribution is 5.81. The highest BCUT2D eigenvalue weighted by atomic mass is 16.4. The third-order valence-corrected chi connectivity index (χ3v) is 4.06. The number of nitrogens with zero attached hydrogens (tertiary/aromatic N) is 1. The Hall–Kier alpha value is -1.10. The number of aliphatic carboxylic acids is 1.